The lowest BCUT2D eigenvalue weighted by Crippen LogP contribution is -2.20. The summed E-state index contributed by atoms with van der Waals surface area (Å²) in [6.07, 6.45) is 7.89. The van der Waals surface area contributed by atoms with Crippen molar-refractivity contribution in [1.29, 1.82) is 0 Å². The highest BCUT2D eigenvalue weighted by Gasteiger charge is 2.14. The van der Waals surface area contributed by atoms with Crippen LogP contribution >= 0.6 is 0 Å². The first-order valence-corrected chi connectivity index (χ1v) is 7.71. The van der Waals surface area contributed by atoms with Crippen molar-refractivity contribution in [1.82, 2.24) is 0 Å². The summed E-state index contributed by atoms with van der Waals surface area (Å²) >= 11 is 0. The van der Waals surface area contributed by atoms with E-state index in [2.05, 4.69) is 31.2 Å². The van der Waals surface area contributed by atoms with Gasteiger partial charge in [0.2, 0.25) is 0 Å². The summed E-state index contributed by atoms with van der Waals surface area (Å²) in [5.41, 5.74) is 8.72. The van der Waals surface area contributed by atoms with Crippen LogP contribution in [0.3, 0.4) is 0 Å². The molecule has 0 aliphatic heterocycles. The molecule has 1 aromatic carbocycles. The predicted octanol–water partition coefficient (Wildman–Crippen LogP) is 3.85. The zero-order chi connectivity index (χ0) is 13.5. The van der Waals surface area contributed by atoms with Gasteiger partial charge in [-0.05, 0) is 36.3 Å². The molecule has 2 N–H and O–H groups in total. The predicted molar refractivity (Wildman–Crippen MR) is 80.1 cm³/mol. The maximum atomic E-state index is 6.18. The van der Waals surface area contributed by atoms with E-state index in [1.165, 1.54) is 43.2 Å². The molecule has 1 aliphatic carbocycles. The van der Waals surface area contributed by atoms with Crippen LogP contribution in [0.15, 0.2) is 24.3 Å². The highest BCUT2D eigenvalue weighted by Crippen LogP contribution is 2.24. The van der Waals surface area contributed by atoms with Gasteiger partial charge >= 0.3 is 0 Å². The Bertz CT molecular complexity index is 354. The summed E-state index contributed by atoms with van der Waals surface area (Å²) in [7, 11) is 0. The van der Waals surface area contributed by atoms with Gasteiger partial charge in [-0.25, -0.2) is 0 Å². The summed E-state index contributed by atoms with van der Waals surface area (Å²) < 4.78 is 5.82. The van der Waals surface area contributed by atoms with Gasteiger partial charge in [0.1, 0.15) is 0 Å². The molecule has 0 saturated heterocycles. The molecule has 1 fully saturated rings. The summed E-state index contributed by atoms with van der Waals surface area (Å²) in [6.45, 7) is 3.70. The minimum atomic E-state index is 0.00879. The molecule has 106 valence electrons. The Morgan fingerprint density at radius 3 is 2.47 bits per heavy atom. The van der Waals surface area contributed by atoms with Crippen molar-refractivity contribution in [3.63, 3.8) is 0 Å². The van der Waals surface area contributed by atoms with Crippen LogP contribution in [-0.2, 0) is 11.2 Å². The molecule has 0 spiro atoms. The molecule has 0 amide bonds. The van der Waals surface area contributed by atoms with Gasteiger partial charge in [0.25, 0.3) is 0 Å². The monoisotopic (exact) mass is 261 g/mol. The van der Waals surface area contributed by atoms with Crippen molar-refractivity contribution in [3.05, 3.63) is 35.4 Å². The van der Waals surface area contributed by atoms with Gasteiger partial charge in [-0.15, -0.1) is 0 Å². The van der Waals surface area contributed by atoms with E-state index < -0.39 is 0 Å². The van der Waals surface area contributed by atoms with E-state index in [1.54, 1.807) is 0 Å². The Morgan fingerprint density at radius 2 is 1.84 bits per heavy atom. The molecule has 0 bridgehead atoms. The Labute approximate surface area is 117 Å². The second-order valence-corrected chi connectivity index (χ2v) is 5.74. The third-order valence-electron chi connectivity index (χ3n) is 4.19. The minimum Gasteiger partial charge on any atom is -0.379 e. The van der Waals surface area contributed by atoms with E-state index in [1.807, 2.05) is 0 Å². The van der Waals surface area contributed by atoms with Gasteiger partial charge in [0.15, 0.2) is 0 Å². The fraction of sp³-hybridized carbons (Fsp3) is 0.647. The van der Waals surface area contributed by atoms with E-state index in [4.69, 9.17) is 10.5 Å². The third kappa shape index (κ3) is 4.63. The van der Waals surface area contributed by atoms with Gasteiger partial charge in [-0.3, -0.25) is 0 Å². The summed E-state index contributed by atoms with van der Waals surface area (Å²) in [5.74, 6) is 0.767. The lowest BCUT2D eigenvalue weighted by molar-refractivity contribution is 0.0759. The van der Waals surface area contributed by atoms with Crippen LogP contribution in [-0.4, -0.2) is 13.2 Å². The van der Waals surface area contributed by atoms with Crippen molar-refractivity contribution in [2.24, 2.45) is 11.7 Å². The molecule has 1 atom stereocenters. The highest BCUT2D eigenvalue weighted by atomic mass is 16.5. The third-order valence-corrected chi connectivity index (χ3v) is 4.19. The van der Waals surface area contributed by atoms with Crippen molar-refractivity contribution in [2.45, 2.75) is 51.5 Å². The first kappa shape index (κ1) is 14.5. The normalized spacial score (nSPS) is 18.4. The van der Waals surface area contributed by atoms with Gasteiger partial charge in [0.05, 0.1) is 12.6 Å². The van der Waals surface area contributed by atoms with Crippen LogP contribution in [0.2, 0.25) is 0 Å². The summed E-state index contributed by atoms with van der Waals surface area (Å²) in [4.78, 5) is 0. The number of hydrogen-bond acceptors (Lipinski definition) is 2. The van der Waals surface area contributed by atoms with Gasteiger partial charge in [-0.1, -0.05) is 50.5 Å². The fourth-order valence-electron chi connectivity index (χ4n) is 2.81. The molecule has 0 radical (unpaired) electrons. The first-order chi connectivity index (χ1) is 9.29. The Hall–Kier alpha value is -0.860. The molecule has 2 nitrogen and oxygen atoms in total. The number of rotatable bonds is 6. The number of ether oxygens (including phenoxy) is 1. The Morgan fingerprint density at radius 1 is 1.16 bits per heavy atom. The van der Waals surface area contributed by atoms with Crippen LogP contribution in [0.4, 0.5) is 0 Å². The topological polar surface area (TPSA) is 35.2 Å². The van der Waals surface area contributed by atoms with Crippen molar-refractivity contribution < 1.29 is 4.74 Å². The number of nitrogens with two attached hydrogens (primary N) is 1. The molecule has 1 unspecified atom stereocenters. The molecule has 1 saturated carbocycles. The molecule has 1 aromatic rings. The fourth-order valence-corrected chi connectivity index (χ4v) is 2.81. The molecule has 0 heterocycles. The van der Waals surface area contributed by atoms with Crippen LogP contribution in [0.1, 0.15) is 56.2 Å². The molecule has 2 heteroatoms. The zero-order valence-electron chi connectivity index (χ0n) is 12.1. The van der Waals surface area contributed by atoms with E-state index in [-0.39, 0.29) is 6.04 Å². The maximum Gasteiger partial charge on any atom is 0.0659 e. The molecule has 0 aromatic heterocycles. The number of hydrogen-bond donors (Lipinski definition) is 1. The number of aryl methyl sites for hydroxylation is 1. The first-order valence-electron chi connectivity index (χ1n) is 7.71. The Balaban J connectivity index is 1.72. The lowest BCUT2D eigenvalue weighted by Gasteiger charge is -2.22. The SMILES string of the molecule is CCc1ccc(C(N)COCC2CCCCC2)cc1. The second kappa shape index (κ2) is 7.66. The van der Waals surface area contributed by atoms with Crippen molar-refractivity contribution >= 4 is 0 Å². The smallest absolute Gasteiger partial charge is 0.0659 e. The van der Waals surface area contributed by atoms with Gasteiger partial charge < -0.3 is 10.5 Å². The highest BCUT2D eigenvalue weighted by molar-refractivity contribution is 5.24. The lowest BCUT2D eigenvalue weighted by atomic mass is 9.90. The summed E-state index contributed by atoms with van der Waals surface area (Å²) in [5, 5.41) is 0. The van der Waals surface area contributed by atoms with Crippen molar-refractivity contribution in [3.8, 4) is 0 Å². The average molecular weight is 261 g/mol. The zero-order valence-corrected chi connectivity index (χ0v) is 12.1. The maximum absolute atomic E-state index is 6.18. The molecule has 19 heavy (non-hydrogen) atoms. The van der Waals surface area contributed by atoms with Crippen LogP contribution in [0.5, 0.6) is 0 Å². The van der Waals surface area contributed by atoms with Gasteiger partial charge in [-0.2, -0.15) is 0 Å². The van der Waals surface area contributed by atoms with Gasteiger partial charge in [0, 0.05) is 6.61 Å². The molecular formula is C17H27NO. The minimum absolute atomic E-state index is 0.00879. The van der Waals surface area contributed by atoms with Crippen molar-refractivity contribution in [2.75, 3.05) is 13.2 Å². The molecule has 1 aliphatic rings. The van der Waals surface area contributed by atoms with E-state index in [0.29, 0.717) is 6.61 Å². The standard InChI is InChI=1S/C17H27NO/c1-2-14-8-10-16(11-9-14)17(18)13-19-12-15-6-4-3-5-7-15/h8-11,15,17H,2-7,12-13,18H2,1H3. The van der Waals surface area contributed by atoms with E-state index in [0.717, 1.165) is 18.9 Å². The van der Waals surface area contributed by atoms with Crippen LogP contribution in [0, 0.1) is 5.92 Å². The Kier molecular flexibility index (Phi) is 5.87. The summed E-state index contributed by atoms with van der Waals surface area (Å²) in [6, 6.07) is 8.60. The van der Waals surface area contributed by atoms with Crippen LogP contribution in [0.25, 0.3) is 0 Å². The quantitative estimate of drug-likeness (QED) is 0.844. The largest absolute Gasteiger partial charge is 0.379 e. The average Bonchev–Trinajstić information content (AvgIpc) is 2.48. The second-order valence-electron chi connectivity index (χ2n) is 5.74. The number of benzene rings is 1. The van der Waals surface area contributed by atoms with E-state index in [9.17, 15) is 0 Å². The van der Waals surface area contributed by atoms with Crippen LogP contribution < -0.4 is 5.73 Å². The molecular weight excluding hydrogens is 234 g/mol. The van der Waals surface area contributed by atoms with E-state index >= 15 is 0 Å². The molecule has 2 rings (SSSR count).